The number of phosphoric ester groups is 2. The Balaban J connectivity index is 5.26. The van der Waals surface area contributed by atoms with E-state index < -0.39 is 97.5 Å². The lowest BCUT2D eigenvalue weighted by Gasteiger charge is -2.21. The Kier molecular flexibility index (Phi) is 61.3. The van der Waals surface area contributed by atoms with Gasteiger partial charge in [-0.25, -0.2) is 9.13 Å². The van der Waals surface area contributed by atoms with Crippen molar-refractivity contribution in [1.29, 1.82) is 0 Å². The molecule has 0 aromatic carbocycles. The van der Waals surface area contributed by atoms with Gasteiger partial charge in [-0.2, -0.15) is 0 Å². The Morgan fingerprint density at radius 1 is 0.304 bits per heavy atom. The van der Waals surface area contributed by atoms with Gasteiger partial charge in [-0.3, -0.25) is 37.3 Å². The van der Waals surface area contributed by atoms with Crippen LogP contribution in [0.3, 0.4) is 0 Å². The van der Waals surface area contributed by atoms with Gasteiger partial charge in [0.25, 0.3) is 0 Å². The molecule has 3 N–H and O–H groups in total. The Morgan fingerprint density at radius 3 is 0.772 bits per heavy atom. The van der Waals surface area contributed by atoms with E-state index >= 15 is 0 Å². The molecule has 0 aromatic heterocycles. The van der Waals surface area contributed by atoms with Crippen molar-refractivity contribution in [1.82, 2.24) is 0 Å². The van der Waals surface area contributed by atoms with E-state index in [1.165, 1.54) is 161 Å². The van der Waals surface area contributed by atoms with Crippen LogP contribution in [0.5, 0.6) is 0 Å². The van der Waals surface area contributed by atoms with Gasteiger partial charge < -0.3 is 33.8 Å². The first kappa shape index (κ1) is 90.1. The molecule has 92 heavy (non-hydrogen) atoms. The highest BCUT2D eigenvalue weighted by atomic mass is 31.2. The predicted octanol–water partition coefficient (Wildman–Crippen LogP) is 20.9. The second-order valence-electron chi connectivity index (χ2n) is 27.8. The maximum Gasteiger partial charge on any atom is 0.472 e. The van der Waals surface area contributed by atoms with Gasteiger partial charge in [-0.1, -0.05) is 312 Å². The average molecular weight is 1350 g/mol. The number of unbranched alkanes of at least 4 members (excludes halogenated alkanes) is 34. The van der Waals surface area contributed by atoms with Crippen LogP contribution in [-0.4, -0.2) is 96.7 Å². The first-order chi connectivity index (χ1) is 44.2. The van der Waals surface area contributed by atoms with Gasteiger partial charge in [0.2, 0.25) is 0 Å². The van der Waals surface area contributed by atoms with E-state index in [-0.39, 0.29) is 25.7 Å². The van der Waals surface area contributed by atoms with Gasteiger partial charge in [-0.15, -0.1) is 0 Å². The molecule has 0 aliphatic rings. The molecule has 546 valence electrons. The lowest BCUT2D eigenvalue weighted by molar-refractivity contribution is -0.161. The summed E-state index contributed by atoms with van der Waals surface area (Å²) in [6.07, 6.45) is 45.7. The van der Waals surface area contributed by atoms with E-state index in [1.807, 2.05) is 0 Å². The average Bonchev–Trinajstić information content (AvgIpc) is 3.58. The zero-order chi connectivity index (χ0) is 68.2. The van der Waals surface area contributed by atoms with E-state index in [9.17, 15) is 43.2 Å². The predicted molar refractivity (Wildman–Crippen MR) is 372 cm³/mol. The number of carbonyl (C=O) groups is 4. The number of rotatable bonds is 70. The quantitative estimate of drug-likeness (QED) is 0.0222. The van der Waals surface area contributed by atoms with E-state index in [0.29, 0.717) is 25.7 Å². The topological polar surface area (TPSA) is 237 Å². The molecule has 0 rings (SSSR count). The second kappa shape index (κ2) is 62.6. The molecule has 0 saturated carbocycles. The third-order valence-electron chi connectivity index (χ3n) is 17.5. The lowest BCUT2D eigenvalue weighted by Crippen LogP contribution is -2.30. The monoisotopic (exact) mass is 1350 g/mol. The molecule has 17 nitrogen and oxygen atoms in total. The largest absolute Gasteiger partial charge is 0.472 e. The van der Waals surface area contributed by atoms with Crippen molar-refractivity contribution in [3.8, 4) is 0 Å². The Hall–Kier alpha value is -1.94. The minimum atomic E-state index is -4.96. The summed E-state index contributed by atoms with van der Waals surface area (Å²) in [5.41, 5.74) is 0. The van der Waals surface area contributed by atoms with E-state index in [1.54, 1.807) is 0 Å². The molecule has 0 spiro atoms. The third kappa shape index (κ3) is 64.1. The minimum Gasteiger partial charge on any atom is -0.462 e. The number of ether oxygens (including phenoxy) is 4. The van der Waals surface area contributed by atoms with Crippen LogP contribution in [0.1, 0.15) is 364 Å². The fraction of sp³-hybridized carbons (Fsp3) is 0.945. The molecular formula is C73H142O17P2. The first-order valence-electron chi connectivity index (χ1n) is 37.8. The lowest BCUT2D eigenvalue weighted by atomic mass is 9.99. The van der Waals surface area contributed by atoms with Crippen LogP contribution in [0.4, 0.5) is 0 Å². The van der Waals surface area contributed by atoms with Crippen LogP contribution in [0.2, 0.25) is 0 Å². The van der Waals surface area contributed by atoms with Crippen molar-refractivity contribution in [3.05, 3.63) is 0 Å². The van der Waals surface area contributed by atoms with Gasteiger partial charge in [0, 0.05) is 25.7 Å². The summed E-state index contributed by atoms with van der Waals surface area (Å²) in [4.78, 5) is 72.7. The SMILES string of the molecule is CCC(C)CCCCCCCCCCC(=O)O[C@H](COC(=O)CCCCCCCCC(C)CC)COP(=O)(O)OC[C@H](O)COP(=O)(O)OC[C@@H](COC(=O)CCCCCCCCCCCCCCCC(C)C)OC(=O)CCCCCCCCCCCCCC(C)C. The number of phosphoric acid groups is 2. The van der Waals surface area contributed by atoms with Crippen molar-refractivity contribution in [2.45, 2.75) is 382 Å². The number of hydrogen-bond donors (Lipinski definition) is 3. The highest BCUT2D eigenvalue weighted by Gasteiger charge is 2.30. The fourth-order valence-corrected chi connectivity index (χ4v) is 12.5. The van der Waals surface area contributed by atoms with Gasteiger partial charge in [0.1, 0.15) is 19.3 Å². The number of aliphatic hydroxyl groups excluding tert-OH is 1. The normalized spacial score (nSPS) is 14.8. The number of hydrogen-bond acceptors (Lipinski definition) is 15. The molecule has 0 saturated heterocycles. The van der Waals surface area contributed by atoms with Gasteiger partial charge >= 0.3 is 39.5 Å². The summed E-state index contributed by atoms with van der Waals surface area (Å²) >= 11 is 0. The minimum absolute atomic E-state index is 0.104. The van der Waals surface area contributed by atoms with Gasteiger partial charge in [0.05, 0.1) is 26.4 Å². The van der Waals surface area contributed by atoms with Crippen molar-refractivity contribution in [2.24, 2.45) is 23.7 Å². The Labute approximate surface area is 562 Å². The summed E-state index contributed by atoms with van der Waals surface area (Å²) in [7, 11) is -9.91. The molecule has 0 aromatic rings. The number of carbonyl (C=O) groups excluding carboxylic acids is 4. The zero-order valence-electron chi connectivity index (χ0n) is 60.2. The van der Waals surface area contributed by atoms with Crippen LogP contribution in [-0.2, 0) is 65.4 Å². The molecule has 0 fully saturated rings. The molecule has 19 heteroatoms. The van der Waals surface area contributed by atoms with Crippen LogP contribution >= 0.6 is 15.6 Å². The van der Waals surface area contributed by atoms with Crippen LogP contribution < -0.4 is 0 Å². The van der Waals surface area contributed by atoms with Crippen molar-refractivity contribution in [2.75, 3.05) is 39.6 Å². The van der Waals surface area contributed by atoms with Crippen LogP contribution in [0.15, 0.2) is 0 Å². The van der Waals surface area contributed by atoms with Crippen molar-refractivity contribution in [3.63, 3.8) is 0 Å². The number of esters is 4. The molecule has 0 amide bonds. The Bertz CT molecular complexity index is 1820. The molecule has 0 bridgehead atoms. The summed E-state index contributed by atoms with van der Waals surface area (Å²) in [5.74, 6) is 0.930. The van der Waals surface area contributed by atoms with Crippen LogP contribution in [0.25, 0.3) is 0 Å². The summed E-state index contributed by atoms with van der Waals surface area (Å²) in [5, 5.41) is 10.6. The van der Waals surface area contributed by atoms with E-state index in [2.05, 4.69) is 55.4 Å². The van der Waals surface area contributed by atoms with Crippen LogP contribution in [0, 0.1) is 23.7 Å². The molecule has 0 aliphatic carbocycles. The van der Waals surface area contributed by atoms with E-state index in [4.69, 9.17) is 37.0 Å². The third-order valence-corrected chi connectivity index (χ3v) is 19.4. The fourth-order valence-electron chi connectivity index (χ4n) is 11.0. The van der Waals surface area contributed by atoms with Gasteiger partial charge in [0.15, 0.2) is 12.2 Å². The Morgan fingerprint density at radius 2 is 0.522 bits per heavy atom. The second-order valence-corrected chi connectivity index (χ2v) is 30.7. The standard InChI is InChI=1S/C73H142O17P2/c1-9-65(7)51-43-35-27-23-24-30-40-48-56-73(78)90-69(60-84-71(76)54-46-38-32-31-36-44-52-66(8)10-2)62-88-92(81,82)86-58-67(74)57-85-91(79,80)87-61-68(89-72(77)55-47-39-29-22-18-14-16-20-26-34-42-50-64(5)6)59-83-70(75)53-45-37-28-21-17-13-11-12-15-19-25-33-41-49-63(3)4/h63-69,74H,9-62H2,1-8H3,(H,79,80)(H,81,82)/t65?,66?,67-,68-,69-/m1/s1. The zero-order valence-corrected chi connectivity index (χ0v) is 62.0. The summed E-state index contributed by atoms with van der Waals surface area (Å²) < 4.78 is 68.4. The molecule has 4 unspecified atom stereocenters. The number of aliphatic hydroxyl groups is 1. The molecular weight excluding hydrogens is 1210 g/mol. The maximum atomic E-state index is 13.1. The molecule has 0 heterocycles. The first-order valence-corrected chi connectivity index (χ1v) is 40.8. The highest BCUT2D eigenvalue weighted by Crippen LogP contribution is 2.45. The highest BCUT2D eigenvalue weighted by molar-refractivity contribution is 7.47. The van der Waals surface area contributed by atoms with Crippen molar-refractivity contribution >= 4 is 39.5 Å². The molecule has 7 atom stereocenters. The summed E-state index contributed by atoms with van der Waals surface area (Å²) in [6.45, 7) is 14.2. The molecule has 0 aliphatic heterocycles. The van der Waals surface area contributed by atoms with Gasteiger partial charge in [-0.05, 0) is 49.4 Å². The maximum absolute atomic E-state index is 13.1. The summed E-state index contributed by atoms with van der Waals surface area (Å²) in [6, 6.07) is 0. The smallest absolute Gasteiger partial charge is 0.462 e. The molecule has 0 radical (unpaired) electrons. The van der Waals surface area contributed by atoms with Crippen molar-refractivity contribution < 1.29 is 80.2 Å². The van der Waals surface area contributed by atoms with E-state index in [0.717, 1.165) is 120 Å².